The summed E-state index contributed by atoms with van der Waals surface area (Å²) < 4.78 is 5.44. The first kappa shape index (κ1) is 15.4. The maximum absolute atomic E-state index is 8.88. The van der Waals surface area contributed by atoms with Crippen molar-refractivity contribution in [3.63, 3.8) is 0 Å². The summed E-state index contributed by atoms with van der Waals surface area (Å²) in [5, 5.41) is 12.3. The average Bonchev–Trinajstić information content (AvgIpc) is 2.53. The van der Waals surface area contributed by atoms with Crippen LogP contribution in [-0.4, -0.2) is 18.3 Å². The third kappa shape index (κ3) is 5.12. The molecule has 112 valence electrons. The molecule has 2 rings (SSSR count). The first-order valence-electron chi connectivity index (χ1n) is 7.47. The molecular formula is C18H23NO2. The quantitative estimate of drug-likeness (QED) is 0.778. The van der Waals surface area contributed by atoms with Gasteiger partial charge in [0.1, 0.15) is 5.75 Å². The van der Waals surface area contributed by atoms with Crippen molar-refractivity contribution >= 4 is 5.69 Å². The van der Waals surface area contributed by atoms with Crippen LogP contribution >= 0.6 is 0 Å². The van der Waals surface area contributed by atoms with Crippen LogP contribution in [0.3, 0.4) is 0 Å². The summed E-state index contributed by atoms with van der Waals surface area (Å²) in [4.78, 5) is 0. The van der Waals surface area contributed by atoms with E-state index in [0.717, 1.165) is 30.8 Å². The van der Waals surface area contributed by atoms with Crippen LogP contribution in [0.1, 0.15) is 24.5 Å². The van der Waals surface area contributed by atoms with Crippen LogP contribution in [0.2, 0.25) is 0 Å². The molecule has 0 bridgehead atoms. The van der Waals surface area contributed by atoms with Crippen molar-refractivity contribution in [1.82, 2.24) is 0 Å². The molecular weight excluding hydrogens is 262 g/mol. The fourth-order valence-electron chi connectivity index (χ4n) is 2.19. The lowest BCUT2D eigenvalue weighted by Gasteiger charge is -2.09. The van der Waals surface area contributed by atoms with Gasteiger partial charge in [-0.25, -0.2) is 0 Å². The lowest BCUT2D eigenvalue weighted by Crippen LogP contribution is -2.00. The highest BCUT2D eigenvalue weighted by atomic mass is 16.5. The minimum atomic E-state index is 0.240. The third-order valence-electron chi connectivity index (χ3n) is 3.28. The van der Waals surface area contributed by atoms with Gasteiger partial charge in [0.25, 0.3) is 0 Å². The topological polar surface area (TPSA) is 41.5 Å². The van der Waals surface area contributed by atoms with Crippen LogP contribution in [0.15, 0.2) is 48.5 Å². The fourth-order valence-corrected chi connectivity index (χ4v) is 2.19. The Labute approximate surface area is 126 Å². The molecule has 0 aromatic heterocycles. The Balaban J connectivity index is 1.90. The maximum Gasteiger partial charge on any atom is 0.119 e. The van der Waals surface area contributed by atoms with Gasteiger partial charge in [0.05, 0.1) is 6.61 Å². The molecule has 0 saturated carbocycles. The molecule has 2 aromatic carbocycles. The van der Waals surface area contributed by atoms with E-state index < -0.39 is 0 Å². The minimum Gasteiger partial charge on any atom is -0.494 e. The van der Waals surface area contributed by atoms with Gasteiger partial charge in [0.2, 0.25) is 0 Å². The van der Waals surface area contributed by atoms with Crippen LogP contribution < -0.4 is 10.1 Å². The van der Waals surface area contributed by atoms with E-state index in [9.17, 15) is 0 Å². The largest absolute Gasteiger partial charge is 0.494 e. The summed E-state index contributed by atoms with van der Waals surface area (Å²) in [6.45, 7) is 3.71. The van der Waals surface area contributed by atoms with Gasteiger partial charge in [-0.1, -0.05) is 24.3 Å². The molecule has 0 aliphatic carbocycles. The monoisotopic (exact) mass is 285 g/mol. The second-order valence-corrected chi connectivity index (χ2v) is 4.96. The van der Waals surface area contributed by atoms with Crippen molar-refractivity contribution in [1.29, 1.82) is 0 Å². The first-order chi connectivity index (χ1) is 10.3. The summed E-state index contributed by atoms with van der Waals surface area (Å²) in [6, 6.07) is 16.5. The highest BCUT2D eigenvalue weighted by molar-refractivity contribution is 5.46. The predicted molar refractivity (Wildman–Crippen MR) is 86.8 cm³/mol. The number of aliphatic hydroxyl groups excluding tert-OH is 1. The molecule has 3 nitrogen and oxygen atoms in total. The fraction of sp³-hybridized carbons (Fsp3) is 0.333. The summed E-state index contributed by atoms with van der Waals surface area (Å²) in [5.41, 5.74) is 3.58. The smallest absolute Gasteiger partial charge is 0.119 e. The van der Waals surface area contributed by atoms with Crippen molar-refractivity contribution in [2.45, 2.75) is 26.3 Å². The summed E-state index contributed by atoms with van der Waals surface area (Å²) in [5.74, 6) is 0.909. The number of anilines is 1. The van der Waals surface area contributed by atoms with Gasteiger partial charge < -0.3 is 15.2 Å². The second-order valence-electron chi connectivity index (χ2n) is 4.96. The number of hydrogen-bond donors (Lipinski definition) is 2. The van der Waals surface area contributed by atoms with Crippen molar-refractivity contribution < 1.29 is 9.84 Å². The molecule has 0 heterocycles. The molecule has 0 atom stereocenters. The lowest BCUT2D eigenvalue weighted by molar-refractivity contribution is 0.288. The molecule has 0 aliphatic rings. The molecule has 0 saturated heterocycles. The van der Waals surface area contributed by atoms with Crippen molar-refractivity contribution in [2.75, 3.05) is 18.5 Å². The van der Waals surface area contributed by atoms with Gasteiger partial charge in [-0.15, -0.1) is 0 Å². The normalized spacial score (nSPS) is 10.4. The zero-order chi connectivity index (χ0) is 14.9. The van der Waals surface area contributed by atoms with E-state index in [0.29, 0.717) is 6.61 Å². The van der Waals surface area contributed by atoms with E-state index in [4.69, 9.17) is 9.84 Å². The van der Waals surface area contributed by atoms with Gasteiger partial charge in [0.15, 0.2) is 0 Å². The summed E-state index contributed by atoms with van der Waals surface area (Å²) in [6.07, 6.45) is 1.72. The van der Waals surface area contributed by atoms with E-state index >= 15 is 0 Å². The Morgan fingerprint density at radius 1 is 1.05 bits per heavy atom. The van der Waals surface area contributed by atoms with Gasteiger partial charge in [-0.2, -0.15) is 0 Å². The average molecular weight is 285 g/mol. The van der Waals surface area contributed by atoms with Crippen LogP contribution in [0.5, 0.6) is 5.75 Å². The second kappa shape index (κ2) is 8.32. The molecule has 0 aliphatic heterocycles. The Morgan fingerprint density at radius 2 is 1.86 bits per heavy atom. The highest BCUT2D eigenvalue weighted by Gasteiger charge is 1.98. The Hall–Kier alpha value is -2.00. The zero-order valence-electron chi connectivity index (χ0n) is 12.5. The van der Waals surface area contributed by atoms with Crippen molar-refractivity contribution in [3.8, 4) is 5.75 Å². The van der Waals surface area contributed by atoms with Crippen LogP contribution in [-0.2, 0) is 13.0 Å². The highest BCUT2D eigenvalue weighted by Crippen LogP contribution is 2.16. The van der Waals surface area contributed by atoms with Crippen LogP contribution in [0.25, 0.3) is 0 Å². The molecule has 2 aromatic rings. The SMILES string of the molecule is CCOc1ccc(CNc2cccc(CCCO)c2)cc1. The first-order valence-corrected chi connectivity index (χ1v) is 7.47. The van der Waals surface area contributed by atoms with Gasteiger partial charge in [-0.3, -0.25) is 0 Å². The number of aryl methyl sites for hydroxylation is 1. The van der Waals surface area contributed by atoms with Crippen molar-refractivity contribution in [2.24, 2.45) is 0 Å². The molecule has 0 amide bonds. The maximum atomic E-state index is 8.88. The van der Waals surface area contributed by atoms with Gasteiger partial charge in [0, 0.05) is 18.8 Å². The van der Waals surface area contributed by atoms with Gasteiger partial charge >= 0.3 is 0 Å². The number of rotatable bonds is 8. The molecule has 0 spiro atoms. The Bertz CT molecular complexity index is 537. The van der Waals surface area contributed by atoms with E-state index in [1.807, 2.05) is 25.1 Å². The van der Waals surface area contributed by atoms with Crippen LogP contribution in [0, 0.1) is 0 Å². The molecule has 3 heteroatoms. The Kier molecular flexibility index (Phi) is 6.10. The third-order valence-corrected chi connectivity index (χ3v) is 3.28. The lowest BCUT2D eigenvalue weighted by atomic mass is 10.1. The number of nitrogens with one attached hydrogen (secondary N) is 1. The van der Waals surface area contributed by atoms with E-state index in [2.05, 4.69) is 35.6 Å². The summed E-state index contributed by atoms with van der Waals surface area (Å²) in [7, 11) is 0. The molecule has 0 radical (unpaired) electrons. The Morgan fingerprint density at radius 3 is 2.57 bits per heavy atom. The minimum absolute atomic E-state index is 0.240. The van der Waals surface area contributed by atoms with Crippen molar-refractivity contribution in [3.05, 3.63) is 59.7 Å². The summed E-state index contributed by atoms with van der Waals surface area (Å²) >= 11 is 0. The van der Waals surface area contributed by atoms with E-state index in [1.165, 1.54) is 11.1 Å². The number of hydrogen-bond acceptors (Lipinski definition) is 3. The zero-order valence-corrected chi connectivity index (χ0v) is 12.5. The molecule has 0 fully saturated rings. The molecule has 21 heavy (non-hydrogen) atoms. The van der Waals surface area contributed by atoms with Crippen LogP contribution in [0.4, 0.5) is 5.69 Å². The molecule has 0 unspecified atom stereocenters. The number of ether oxygens (including phenoxy) is 1. The number of aliphatic hydroxyl groups is 1. The van der Waals surface area contributed by atoms with E-state index in [1.54, 1.807) is 0 Å². The predicted octanol–water partition coefficient (Wildman–Crippen LogP) is 3.62. The standard InChI is InChI=1S/C18H23NO2/c1-2-21-18-10-8-16(9-11-18)14-19-17-7-3-5-15(13-17)6-4-12-20/h3,5,7-11,13,19-20H,2,4,6,12,14H2,1H3. The number of benzene rings is 2. The van der Waals surface area contributed by atoms with E-state index in [-0.39, 0.29) is 6.61 Å². The van der Waals surface area contributed by atoms with Gasteiger partial charge in [-0.05, 0) is 55.2 Å². The molecule has 2 N–H and O–H groups in total.